The van der Waals surface area contributed by atoms with E-state index in [9.17, 15) is 33.9 Å². The molecule has 3 rings (SSSR count). The SMILES string of the molecule is CCCC1OC1C(=O)C(C)NC(=O)C(CCCCN)NC(=O)CNC(=O)C(NC(=O)C(CCN)NC(=O)c1ccc(-c2ccc(Cl)cc2)cc1)C(C)O. The summed E-state index contributed by atoms with van der Waals surface area (Å²) in [5.41, 5.74) is 13.3. The van der Waals surface area contributed by atoms with Crippen molar-refractivity contribution < 1.29 is 38.6 Å². The lowest BCUT2D eigenvalue weighted by Gasteiger charge is -2.25. The summed E-state index contributed by atoms with van der Waals surface area (Å²) < 4.78 is 5.42. The molecular weight excluding hydrogens is 706 g/mol. The van der Waals surface area contributed by atoms with E-state index in [1.165, 1.54) is 6.92 Å². The second-order valence-electron chi connectivity index (χ2n) is 13.1. The number of epoxide rings is 1. The van der Waals surface area contributed by atoms with Crippen molar-refractivity contribution >= 4 is 46.9 Å². The van der Waals surface area contributed by atoms with Gasteiger partial charge in [-0.2, -0.15) is 0 Å². The van der Waals surface area contributed by atoms with Crippen LogP contribution < -0.4 is 38.1 Å². The Labute approximate surface area is 314 Å². The highest BCUT2D eigenvalue weighted by atomic mass is 35.5. The molecule has 0 spiro atoms. The van der Waals surface area contributed by atoms with Crippen molar-refractivity contribution in [1.82, 2.24) is 26.6 Å². The second-order valence-corrected chi connectivity index (χ2v) is 13.5. The molecule has 1 saturated heterocycles. The van der Waals surface area contributed by atoms with E-state index < -0.39 is 72.5 Å². The van der Waals surface area contributed by atoms with Gasteiger partial charge in [0, 0.05) is 10.6 Å². The van der Waals surface area contributed by atoms with Crippen LogP contribution >= 0.6 is 11.6 Å². The maximum Gasteiger partial charge on any atom is 0.251 e. The van der Waals surface area contributed by atoms with E-state index in [0.717, 1.165) is 24.0 Å². The zero-order chi connectivity index (χ0) is 39.1. The number of ether oxygens (including phenoxy) is 1. The van der Waals surface area contributed by atoms with Crippen LogP contribution in [0.3, 0.4) is 0 Å². The third-order valence-electron chi connectivity index (χ3n) is 8.71. The summed E-state index contributed by atoms with van der Waals surface area (Å²) in [6.07, 6.45) is 0.870. The van der Waals surface area contributed by atoms with Crippen molar-refractivity contribution in [1.29, 1.82) is 0 Å². The number of benzene rings is 2. The zero-order valence-electron chi connectivity index (χ0n) is 30.4. The Morgan fingerprint density at radius 3 is 1.98 bits per heavy atom. The number of Topliss-reactive ketones (excluding diaryl/α,β-unsaturated/α-hetero) is 1. The Morgan fingerprint density at radius 1 is 0.792 bits per heavy atom. The number of aliphatic hydroxyl groups is 1. The van der Waals surface area contributed by atoms with Crippen LogP contribution in [0.25, 0.3) is 11.1 Å². The number of hydrogen-bond acceptors (Lipinski definition) is 10. The molecule has 2 aromatic rings. The van der Waals surface area contributed by atoms with Gasteiger partial charge in [0.05, 0.1) is 24.8 Å². The smallest absolute Gasteiger partial charge is 0.251 e. The number of ketones is 1. The number of nitrogens with one attached hydrogen (secondary N) is 5. The summed E-state index contributed by atoms with van der Waals surface area (Å²) in [5.74, 6) is -3.75. The van der Waals surface area contributed by atoms with Gasteiger partial charge in [-0.1, -0.05) is 49.2 Å². The van der Waals surface area contributed by atoms with Gasteiger partial charge in [0.2, 0.25) is 23.6 Å². The van der Waals surface area contributed by atoms with E-state index in [1.54, 1.807) is 43.3 Å². The summed E-state index contributed by atoms with van der Waals surface area (Å²) in [7, 11) is 0. The van der Waals surface area contributed by atoms with Crippen LogP contribution in [0.15, 0.2) is 48.5 Å². The average molecular weight is 758 g/mol. The van der Waals surface area contributed by atoms with E-state index in [0.29, 0.717) is 24.4 Å². The summed E-state index contributed by atoms with van der Waals surface area (Å²) in [6.45, 7) is 4.64. The molecule has 2 aromatic carbocycles. The number of amides is 5. The van der Waals surface area contributed by atoms with Gasteiger partial charge in [-0.15, -0.1) is 0 Å². The molecule has 1 heterocycles. The van der Waals surface area contributed by atoms with Gasteiger partial charge in [-0.25, -0.2) is 0 Å². The molecule has 0 saturated carbocycles. The predicted molar refractivity (Wildman–Crippen MR) is 199 cm³/mol. The van der Waals surface area contributed by atoms with Gasteiger partial charge in [-0.3, -0.25) is 28.8 Å². The minimum atomic E-state index is -1.50. The van der Waals surface area contributed by atoms with Crippen LogP contribution in [-0.2, 0) is 28.7 Å². The molecular formula is C37H52ClN7O8. The molecule has 10 N–H and O–H groups in total. The van der Waals surface area contributed by atoms with Crippen LogP contribution in [0.2, 0.25) is 5.02 Å². The number of rotatable bonds is 22. The van der Waals surface area contributed by atoms with E-state index in [2.05, 4.69) is 26.6 Å². The highest BCUT2D eigenvalue weighted by Crippen LogP contribution is 2.28. The second kappa shape index (κ2) is 21.3. The molecule has 0 bridgehead atoms. The number of aliphatic hydroxyl groups excluding tert-OH is 1. The summed E-state index contributed by atoms with van der Waals surface area (Å²) >= 11 is 5.97. The van der Waals surface area contributed by atoms with Crippen LogP contribution in [0.5, 0.6) is 0 Å². The lowest BCUT2D eigenvalue weighted by atomic mass is 10.0. The lowest BCUT2D eigenvalue weighted by molar-refractivity contribution is -0.134. The Hall–Kier alpha value is -4.41. The quantitative estimate of drug-likeness (QED) is 0.0617. The summed E-state index contributed by atoms with van der Waals surface area (Å²) in [6, 6.07) is 9.42. The van der Waals surface area contributed by atoms with Crippen molar-refractivity contribution in [3.63, 3.8) is 0 Å². The Kier molecular flexibility index (Phi) is 17.3. The molecule has 5 amide bonds. The van der Waals surface area contributed by atoms with Crippen molar-refractivity contribution in [3.8, 4) is 11.1 Å². The lowest BCUT2D eigenvalue weighted by Crippen LogP contribution is -2.58. The molecule has 16 heteroatoms. The Balaban J connectivity index is 1.56. The normalized spacial score (nSPS) is 17.6. The van der Waals surface area contributed by atoms with E-state index in [-0.39, 0.29) is 36.8 Å². The van der Waals surface area contributed by atoms with Crippen molar-refractivity contribution in [2.24, 2.45) is 11.5 Å². The largest absolute Gasteiger partial charge is 0.391 e. The minimum Gasteiger partial charge on any atom is -0.391 e. The molecule has 7 unspecified atom stereocenters. The molecule has 0 aromatic heterocycles. The van der Waals surface area contributed by atoms with Gasteiger partial charge < -0.3 is 47.9 Å². The van der Waals surface area contributed by atoms with E-state index in [4.69, 9.17) is 27.8 Å². The first-order valence-corrected chi connectivity index (χ1v) is 18.3. The fraction of sp³-hybridized carbons (Fsp3) is 0.514. The Morgan fingerprint density at radius 2 is 1.40 bits per heavy atom. The molecule has 1 aliphatic heterocycles. The molecule has 0 radical (unpaired) electrons. The van der Waals surface area contributed by atoms with Gasteiger partial charge in [0.15, 0.2) is 5.78 Å². The van der Waals surface area contributed by atoms with Crippen molar-refractivity contribution in [2.75, 3.05) is 19.6 Å². The molecule has 1 aliphatic rings. The van der Waals surface area contributed by atoms with Gasteiger partial charge >= 0.3 is 0 Å². The van der Waals surface area contributed by atoms with Gasteiger partial charge in [-0.05, 0) is 94.4 Å². The summed E-state index contributed by atoms with van der Waals surface area (Å²) in [4.78, 5) is 78.1. The first kappa shape index (κ1) is 43.0. The highest BCUT2D eigenvalue weighted by molar-refractivity contribution is 6.30. The third-order valence-corrected chi connectivity index (χ3v) is 8.96. The predicted octanol–water partition coefficient (Wildman–Crippen LogP) is 0.691. The first-order chi connectivity index (χ1) is 25.3. The highest BCUT2D eigenvalue weighted by Gasteiger charge is 2.45. The number of halogens is 1. The number of nitrogens with two attached hydrogens (primary N) is 2. The van der Waals surface area contributed by atoms with Gasteiger partial charge in [0.25, 0.3) is 5.91 Å². The monoisotopic (exact) mass is 757 g/mol. The minimum absolute atomic E-state index is 0.0281. The van der Waals surface area contributed by atoms with E-state index in [1.807, 2.05) is 19.1 Å². The number of unbranched alkanes of at least 4 members (excludes halogenated alkanes) is 1. The van der Waals surface area contributed by atoms with Crippen LogP contribution in [0.4, 0.5) is 0 Å². The number of carbonyl (C=O) groups excluding carboxylic acids is 6. The van der Waals surface area contributed by atoms with Gasteiger partial charge in [0.1, 0.15) is 24.2 Å². The van der Waals surface area contributed by atoms with Crippen LogP contribution in [0, 0.1) is 0 Å². The average Bonchev–Trinajstić information content (AvgIpc) is 3.91. The van der Waals surface area contributed by atoms with Crippen molar-refractivity contribution in [2.45, 2.75) is 102 Å². The summed E-state index contributed by atoms with van der Waals surface area (Å²) in [5, 5.41) is 23.6. The maximum absolute atomic E-state index is 13.3. The maximum atomic E-state index is 13.3. The molecule has 53 heavy (non-hydrogen) atoms. The Bertz CT molecular complexity index is 1560. The molecule has 1 fully saturated rings. The zero-order valence-corrected chi connectivity index (χ0v) is 31.1. The standard InChI is InChI=1S/C37H52ClN7O8/c1-4-7-29-33(53-29)32(48)21(2)42-35(50)27(8-5-6-18-39)43-30(47)20-41-37(52)31(22(3)46)45-36(51)28(17-19-40)44-34(49)25-11-9-23(10-12-25)24-13-15-26(38)16-14-24/h9-16,21-22,27-29,31,33,46H,4-8,17-20,39-40H2,1-3H3,(H,41,52)(H,42,50)(H,43,47)(H,44,49)(H,45,51). The van der Waals surface area contributed by atoms with Crippen LogP contribution in [0.1, 0.15) is 69.7 Å². The number of hydrogen-bond donors (Lipinski definition) is 8. The molecule has 290 valence electrons. The fourth-order valence-corrected chi connectivity index (χ4v) is 5.73. The number of carbonyl (C=O) groups is 6. The molecule has 7 atom stereocenters. The molecule has 15 nitrogen and oxygen atoms in total. The topological polar surface area (TPSA) is 247 Å². The first-order valence-electron chi connectivity index (χ1n) is 17.9. The van der Waals surface area contributed by atoms with E-state index >= 15 is 0 Å². The van der Waals surface area contributed by atoms with Crippen molar-refractivity contribution in [3.05, 3.63) is 59.1 Å². The third kappa shape index (κ3) is 13.5. The molecule has 0 aliphatic carbocycles. The van der Waals surface area contributed by atoms with Crippen LogP contribution in [-0.4, -0.2) is 103 Å². The fourth-order valence-electron chi connectivity index (χ4n) is 5.61.